The van der Waals surface area contributed by atoms with Crippen molar-refractivity contribution in [3.8, 4) is 0 Å². The minimum atomic E-state index is -0.756. The molecule has 0 aliphatic carbocycles. The predicted molar refractivity (Wildman–Crippen MR) is 55.3 cm³/mol. The predicted octanol–water partition coefficient (Wildman–Crippen LogP) is -1.54. The van der Waals surface area contributed by atoms with Crippen molar-refractivity contribution in [3.05, 3.63) is 28.7 Å². The molecule has 0 saturated carbocycles. The van der Waals surface area contributed by atoms with Crippen LogP contribution in [0, 0.1) is 0 Å². The highest BCUT2D eigenvalue weighted by Crippen LogP contribution is 1.96. The summed E-state index contributed by atoms with van der Waals surface area (Å²) in [6.45, 7) is -0.812. The number of nitrogens with two attached hydrogens (primary N) is 2. The topological polar surface area (TPSA) is 117 Å². The Morgan fingerprint density at radius 2 is 2.06 bits per heavy atom. The van der Waals surface area contributed by atoms with E-state index in [4.69, 9.17) is 11.5 Å². The standard InChI is InChI=1S/C9H11N3O4/c10-6-1-2-8(14)12(3-6)4-9(15)16-5-7(11)13/h1-3H,4-5,10H2,(H2,11,13). The van der Waals surface area contributed by atoms with Crippen LogP contribution in [0.5, 0.6) is 0 Å². The Hall–Kier alpha value is -2.31. The van der Waals surface area contributed by atoms with Crippen molar-refractivity contribution in [1.82, 2.24) is 4.57 Å². The zero-order chi connectivity index (χ0) is 12.1. The number of amides is 1. The van der Waals surface area contributed by atoms with Crippen molar-refractivity contribution in [3.63, 3.8) is 0 Å². The van der Waals surface area contributed by atoms with Crippen LogP contribution < -0.4 is 17.0 Å². The average molecular weight is 225 g/mol. The van der Waals surface area contributed by atoms with Gasteiger partial charge in [0.25, 0.3) is 11.5 Å². The number of nitrogens with zero attached hydrogens (tertiary/aromatic N) is 1. The molecule has 7 heteroatoms. The van der Waals surface area contributed by atoms with E-state index in [9.17, 15) is 14.4 Å². The number of rotatable bonds is 4. The van der Waals surface area contributed by atoms with Crippen LogP contribution in [0.1, 0.15) is 0 Å². The molecule has 0 bridgehead atoms. The Bertz CT molecular complexity index is 466. The van der Waals surface area contributed by atoms with Gasteiger partial charge in [-0.25, -0.2) is 0 Å². The molecule has 4 N–H and O–H groups in total. The molecule has 0 atom stereocenters. The number of esters is 1. The third-order valence-corrected chi connectivity index (χ3v) is 1.68. The van der Waals surface area contributed by atoms with E-state index in [1.54, 1.807) is 0 Å². The van der Waals surface area contributed by atoms with Gasteiger partial charge in [-0.15, -0.1) is 0 Å². The van der Waals surface area contributed by atoms with E-state index in [0.29, 0.717) is 5.69 Å². The van der Waals surface area contributed by atoms with Crippen molar-refractivity contribution in [1.29, 1.82) is 0 Å². The fraction of sp³-hybridized carbons (Fsp3) is 0.222. The van der Waals surface area contributed by atoms with Crippen LogP contribution in [-0.4, -0.2) is 23.1 Å². The molecule has 86 valence electrons. The first kappa shape index (κ1) is 11.8. The van der Waals surface area contributed by atoms with E-state index < -0.39 is 18.5 Å². The Labute approximate surface area is 90.6 Å². The molecular formula is C9H11N3O4. The van der Waals surface area contributed by atoms with E-state index in [2.05, 4.69) is 4.74 Å². The van der Waals surface area contributed by atoms with Gasteiger partial charge in [0.15, 0.2) is 6.61 Å². The SMILES string of the molecule is NC(=O)COC(=O)Cn1cc(N)ccc1=O. The maximum absolute atomic E-state index is 11.3. The second-order valence-corrected chi connectivity index (χ2v) is 3.06. The molecule has 1 amide bonds. The number of hydrogen-bond donors (Lipinski definition) is 2. The van der Waals surface area contributed by atoms with E-state index in [0.717, 1.165) is 4.57 Å². The van der Waals surface area contributed by atoms with Gasteiger partial charge in [-0.3, -0.25) is 14.4 Å². The van der Waals surface area contributed by atoms with Crippen molar-refractivity contribution in [2.75, 3.05) is 12.3 Å². The molecule has 0 fully saturated rings. The van der Waals surface area contributed by atoms with Crippen molar-refractivity contribution >= 4 is 17.6 Å². The molecule has 0 saturated heterocycles. The van der Waals surface area contributed by atoms with Gasteiger partial charge in [0.05, 0.1) is 0 Å². The summed E-state index contributed by atoms with van der Waals surface area (Å²) in [6.07, 6.45) is 1.31. The number of anilines is 1. The quantitative estimate of drug-likeness (QED) is 0.602. The van der Waals surface area contributed by atoms with Gasteiger partial charge in [-0.1, -0.05) is 0 Å². The number of carbonyl (C=O) groups excluding carboxylic acids is 2. The Kier molecular flexibility index (Phi) is 3.65. The van der Waals surface area contributed by atoms with Crippen LogP contribution in [0.4, 0.5) is 5.69 Å². The number of carbonyl (C=O) groups is 2. The lowest BCUT2D eigenvalue weighted by Crippen LogP contribution is -2.27. The minimum absolute atomic E-state index is 0.308. The van der Waals surface area contributed by atoms with E-state index >= 15 is 0 Å². The molecule has 0 radical (unpaired) electrons. The van der Waals surface area contributed by atoms with Gasteiger partial charge in [-0.05, 0) is 6.07 Å². The molecule has 1 heterocycles. The third-order valence-electron chi connectivity index (χ3n) is 1.68. The highest BCUT2D eigenvalue weighted by Gasteiger charge is 2.07. The normalized spacial score (nSPS) is 9.75. The second-order valence-electron chi connectivity index (χ2n) is 3.06. The molecule has 0 aliphatic heterocycles. The average Bonchev–Trinajstić information content (AvgIpc) is 2.20. The number of nitrogen functional groups attached to an aromatic ring is 1. The summed E-state index contributed by atoms with van der Waals surface area (Å²) in [5.74, 6) is -1.49. The van der Waals surface area contributed by atoms with E-state index in [1.165, 1.54) is 18.3 Å². The first-order valence-electron chi connectivity index (χ1n) is 4.39. The van der Waals surface area contributed by atoms with Crippen LogP contribution >= 0.6 is 0 Å². The number of pyridine rings is 1. The lowest BCUT2D eigenvalue weighted by atomic mass is 10.4. The maximum atomic E-state index is 11.3. The van der Waals surface area contributed by atoms with Gasteiger partial charge in [0.2, 0.25) is 0 Å². The first-order chi connectivity index (χ1) is 7.49. The van der Waals surface area contributed by atoms with Crippen LogP contribution in [0.15, 0.2) is 23.1 Å². The molecule has 16 heavy (non-hydrogen) atoms. The van der Waals surface area contributed by atoms with Crippen LogP contribution in [0.25, 0.3) is 0 Å². The van der Waals surface area contributed by atoms with Gasteiger partial charge in [-0.2, -0.15) is 0 Å². The largest absolute Gasteiger partial charge is 0.454 e. The molecule has 0 aliphatic rings. The van der Waals surface area contributed by atoms with Gasteiger partial charge in [0, 0.05) is 18.0 Å². The fourth-order valence-corrected chi connectivity index (χ4v) is 1.01. The van der Waals surface area contributed by atoms with Gasteiger partial charge < -0.3 is 20.8 Å². The number of hydrogen-bond acceptors (Lipinski definition) is 5. The summed E-state index contributed by atoms with van der Waals surface area (Å²) in [5, 5.41) is 0. The zero-order valence-electron chi connectivity index (χ0n) is 8.38. The third kappa shape index (κ3) is 3.45. The highest BCUT2D eigenvalue weighted by molar-refractivity contribution is 5.78. The Morgan fingerprint density at radius 1 is 1.38 bits per heavy atom. The molecule has 1 aromatic heterocycles. The lowest BCUT2D eigenvalue weighted by molar-refractivity contribution is -0.148. The molecule has 0 aromatic carbocycles. The molecular weight excluding hydrogens is 214 g/mol. The number of primary amides is 1. The number of aromatic nitrogens is 1. The van der Waals surface area contributed by atoms with E-state index in [1.807, 2.05) is 0 Å². The summed E-state index contributed by atoms with van der Waals surface area (Å²) >= 11 is 0. The van der Waals surface area contributed by atoms with E-state index in [-0.39, 0.29) is 12.1 Å². The smallest absolute Gasteiger partial charge is 0.326 e. The molecule has 1 rings (SSSR count). The fourth-order valence-electron chi connectivity index (χ4n) is 1.01. The van der Waals surface area contributed by atoms with Crippen molar-refractivity contribution in [2.45, 2.75) is 6.54 Å². The second kappa shape index (κ2) is 4.96. The van der Waals surface area contributed by atoms with Crippen molar-refractivity contribution < 1.29 is 14.3 Å². The molecule has 7 nitrogen and oxygen atoms in total. The summed E-state index contributed by atoms with van der Waals surface area (Å²) < 4.78 is 5.57. The van der Waals surface area contributed by atoms with Crippen LogP contribution in [0.3, 0.4) is 0 Å². The summed E-state index contributed by atoms with van der Waals surface area (Å²) in [4.78, 5) is 32.7. The molecule has 0 spiro atoms. The Morgan fingerprint density at radius 3 is 2.69 bits per heavy atom. The highest BCUT2D eigenvalue weighted by atomic mass is 16.5. The maximum Gasteiger partial charge on any atom is 0.326 e. The Balaban J connectivity index is 2.66. The van der Waals surface area contributed by atoms with Crippen molar-refractivity contribution in [2.24, 2.45) is 5.73 Å². The summed E-state index contributed by atoms with van der Waals surface area (Å²) in [7, 11) is 0. The molecule has 0 unspecified atom stereocenters. The lowest BCUT2D eigenvalue weighted by Gasteiger charge is -2.05. The van der Waals surface area contributed by atoms with Gasteiger partial charge >= 0.3 is 5.97 Å². The van der Waals surface area contributed by atoms with Crippen LogP contribution in [-0.2, 0) is 20.9 Å². The zero-order valence-corrected chi connectivity index (χ0v) is 8.38. The monoisotopic (exact) mass is 225 g/mol. The minimum Gasteiger partial charge on any atom is -0.454 e. The van der Waals surface area contributed by atoms with Crippen LogP contribution in [0.2, 0.25) is 0 Å². The molecule has 1 aromatic rings. The summed E-state index contributed by atoms with van der Waals surface area (Å²) in [6, 6.07) is 2.66. The summed E-state index contributed by atoms with van der Waals surface area (Å²) in [5.41, 5.74) is 10.2. The number of ether oxygens (including phenoxy) is 1. The first-order valence-corrected chi connectivity index (χ1v) is 4.39. The van der Waals surface area contributed by atoms with Gasteiger partial charge in [0.1, 0.15) is 6.54 Å².